The first-order valence-electron chi connectivity index (χ1n) is 3.18. The van der Waals surface area contributed by atoms with Gasteiger partial charge in [0.05, 0.1) is 0 Å². The van der Waals surface area contributed by atoms with E-state index in [1.165, 1.54) is 0 Å². The van der Waals surface area contributed by atoms with Gasteiger partial charge in [-0.25, -0.2) is 4.39 Å². The molecule has 0 nitrogen and oxygen atoms in total. The van der Waals surface area contributed by atoms with Gasteiger partial charge in [0.2, 0.25) is 0 Å². The van der Waals surface area contributed by atoms with Crippen LogP contribution in [0.3, 0.4) is 0 Å². The van der Waals surface area contributed by atoms with Crippen LogP contribution in [-0.2, 0) is 0 Å². The van der Waals surface area contributed by atoms with Crippen LogP contribution in [-0.4, -0.2) is 17.7 Å². The van der Waals surface area contributed by atoms with Crippen molar-refractivity contribution < 1.29 is 4.39 Å². The van der Waals surface area contributed by atoms with Gasteiger partial charge in [-0.2, -0.15) is 11.8 Å². The van der Waals surface area contributed by atoms with E-state index in [1.54, 1.807) is 17.8 Å². The van der Waals surface area contributed by atoms with Crippen molar-refractivity contribution in [1.29, 1.82) is 0 Å². The van der Waals surface area contributed by atoms with Gasteiger partial charge in [-0.3, -0.25) is 0 Å². The lowest BCUT2D eigenvalue weighted by atomic mass is 10.1. The SMILES string of the molecule is CS[C@@H]1C=C[C@H](F)CC1. The van der Waals surface area contributed by atoms with Gasteiger partial charge in [0.1, 0.15) is 6.17 Å². The fraction of sp³-hybridized carbons (Fsp3) is 0.714. The third-order valence-electron chi connectivity index (χ3n) is 1.56. The predicted octanol–water partition coefficient (Wildman–Crippen LogP) is 2.41. The highest BCUT2D eigenvalue weighted by atomic mass is 32.2. The molecule has 0 saturated heterocycles. The molecule has 0 aliphatic heterocycles. The maximum atomic E-state index is 12.4. The Bertz CT molecular complexity index is 111. The second-order valence-corrected chi connectivity index (χ2v) is 3.33. The molecular weight excluding hydrogens is 135 g/mol. The Balaban J connectivity index is 2.38. The zero-order chi connectivity index (χ0) is 6.69. The summed E-state index contributed by atoms with van der Waals surface area (Å²) >= 11 is 1.79. The highest BCUT2D eigenvalue weighted by molar-refractivity contribution is 7.99. The largest absolute Gasteiger partial charge is 0.243 e. The molecule has 0 bridgehead atoms. The van der Waals surface area contributed by atoms with Gasteiger partial charge in [-0.05, 0) is 19.1 Å². The summed E-state index contributed by atoms with van der Waals surface area (Å²) in [4.78, 5) is 0. The molecule has 2 atom stereocenters. The van der Waals surface area contributed by atoms with Crippen LogP contribution in [0.15, 0.2) is 12.2 Å². The zero-order valence-corrected chi connectivity index (χ0v) is 6.33. The number of thioether (sulfide) groups is 1. The summed E-state index contributed by atoms with van der Waals surface area (Å²) in [6.07, 6.45) is 6.74. The normalized spacial score (nSPS) is 34.9. The summed E-state index contributed by atoms with van der Waals surface area (Å²) in [5, 5.41) is 0.567. The van der Waals surface area contributed by atoms with E-state index in [1.807, 2.05) is 6.08 Å². The Labute approximate surface area is 59.5 Å². The molecule has 0 fully saturated rings. The summed E-state index contributed by atoms with van der Waals surface area (Å²) in [5.74, 6) is 0. The summed E-state index contributed by atoms with van der Waals surface area (Å²) in [7, 11) is 0. The zero-order valence-electron chi connectivity index (χ0n) is 5.51. The third-order valence-corrected chi connectivity index (χ3v) is 2.56. The van der Waals surface area contributed by atoms with Crippen LogP contribution in [0.25, 0.3) is 0 Å². The predicted molar refractivity (Wildman–Crippen MR) is 40.6 cm³/mol. The fourth-order valence-corrected chi connectivity index (χ4v) is 1.58. The molecule has 0 N–H and O–H groups in total. The van der Waals surface area contributed by atoms with E-state index in [9.17, 15) is 4.39 Å². The van der Waals surface area contributed by atoms with Crippen LogP contribution in [0.4, 0.5) is 4.39 Å². The molecule has 0 aromatic heterocycles. The second kappa shape index (κ2) is 3.25. The van der Waals surface area contributed by atoms with Gasteiger partial charge < -0.3 is 0 Å². The third kappa shape index (κ3) is 2.01. The van der Waals surface area contributed by atoms with Gasteiger partial charge in [0.15, 0.2) is 0 Å². The van der Waals surface area contributed by atoms with Crippen molar-refractivity contribution in [3.8, 4) is 0 Å². The molecule has 9 heavy (non-hydrogen) atoms. The van der Waals surface area contributed by atoms with Crippen molar-refractivity contribution in [2.75, 3.05) is 6.26 Å². The van der Waals surface area contributed by atoms with Gasteiger partial charge >= 0.3 is 0 Å². The second-order valence-electron chi connectivity index (χ2n) is 2.25. The number of hydrogen-bond donors (Lipinski definition) is 0. The molecule has 2 heteroatoms. The van der Waals surface area contributed by atoms with Crippen molar-refractivity contribution in [2.45, 2.75) is 24.3 Å². The molecule has 0 heterocycles. The summed E-state index contributed by atoms with van der Waals surface area (Å²) in [6.45, 7) is 0. The Hall–Kier alpha value is 0.0200. The van der Waals surface area contributed by atoms with Gasteiger partial charge in [-0.1, -0.05) is 12.2 Å². The van der Waals surface area contributed by atoms with Gasteiger partial charge in [-0.15, -0.1) is 0 Å². The van der Waals surface area contributed by atoms with Crippen LogP contribution in [0.1, 0.15) is 12.8 Å². The number of halogens is 1. The highest BCUT2D eigenvalue weighted by Crippen LogP contribution is 2.22. The van der Waals surface area contributed by atoms with Crippen molar-refractivity contribution in [2.24, 2.45) is 0 Å². The van der Waals surface area contributed by atoms with Crippen LogP contribution < -0.4 is 0 Å². The minimum atomic E-state index is -0.673. The number of alkyl halides is 1. The first kappa shape index (κ1) is 7.13. The quantitative estimate of drug-likeness (QED) is 0.512. The maximum absolute atomic E-state index is 12.4. The Kier molecular flexibility index (Phi) is 2.58. The van der Waals surface area contributed by atoms with E-state index >= 15 is 0 Å². The molecule has 1 rings (SSSR count). The fourth-order valence-electron chi connectivity index (χ4n) is 0.957. The Morgan fingerprint density at radius 3 is 2.67 bits per heavy atom. The van der Waals surface area contributed by atoms with E-state index in [4.69, 9.17) is 0 Å². The average molecular weight is 146 g/mol. The molecule has 0 saturated carbocycles. The molecule has 1 aliphatic rings. The van der Waals surface area contributed by atoms with Gasteiger partial charge in [0, 0.05) is 5.25 Å². The van der Waals surface area contributed by atoms with Crippen LogP contribution >= 0.6 is 11.8 Å². The highest BCUT2D eigenvalue weighted by Gasteiger charge is 2.12. The monoisotopic (exact) mass is 146 g/mol. The van der Waals surface area contributed by atoms with E-state index in [2.05, 4.69) is 6.26 Å². The average Bonchev–Trinajstić information content (AvgIpc) is 1.90. The molecule has 0 spiro atoms. The summed E-state index contributed by atoms with van der Waals surface area (Å²) < 4.78 is 12.4. The molecule has 0 unspecified atom stereocenters. The summed E-state index contributed by atoms with van der Waals surface area (Å²) in [6, 6.07) is 0. The van der Waals surface area contributed by atoms with E-state index < -0.39 is 6.17 Å². The van der Waals surface area contributed by atoms with E-state index in [0.717, 1.165) is 6.42 Å². The van der Waals surface area contributed by atoms with Crippen LogP contribution in [0.5, 0.6) is 0 Å². The lowest BCUT2D eigenvalue weighted by Gasteiger charge is -2.15. The first-order valence-corrected chi connectivity index (χ1v) is 4.47. The molecule has 52 valence electrons. The standard InChI is InChI=1S/C7H11FS/c1-9-7-4-2-6(8)3-5-7/h2,4,6-7H,3,5H2,1H3/t6-,7+/m0/s1. The van der Waals surface area contributed by atoms with Crippen molar-refractivity contribution in [3.63, 3.8) is 0 Å². The topological polar surface area (TPSA) is 0 Å². The Morgan fingerprint density at radius 1 is 1.44 bits per heavy atom. The van der Waals surface area contributed by atoms with Crippen molar-refractivity contribution in [1.82, 2.24) is 0 Å². The lowest BCUT2D eigenvalue weighted by molar-refractivity contribution is 0.363. The Morgan fingerprint density at radius 2 is 2.22 bits per heavy atom. The molecule has 0 aromatic rings. The van der Waals surface area contributed by atoms with Crippen molar-refractivity contribution >= 4 is 11.8 Å². The minimum absolute atomic E-state index is 0.567. The molecule has 0 radical (unpaired) electrons. The molecule has 1 aliphatic carbocycles. The van der Waals surface area contributed by atoms with Crippen LogP contribution in [0, 0.1) is 0 Å². The lowest BCUT2D eigenvalue weighted by Crippen LogP contribution is -2.09. The smallest absolute Gasteiger partial charge is 0.118 e. The number of rotatable bonds is 1. The van der Waals surface area contributed by atoms with E-state index in [0.29, 0.717) is 11.7 Å². The van der Waals surface area contributed by atoms with Crippen molar-refractivity contribution in [3.05, 3.63) is 12.2 Å². The van der Waals surface area contributed by atoms with E-state index in [-0.39, 0.29) is 0 Å². The minimum Gasteiger partial charge on any atom is -0.243 e. The first-order chi connectivity index (χ1) is 4.33. The number of hydrogen-bond acceptors (Lipinski definition) is 1. The van der Waals surface area contributed by atoms with Crippen LogP contribution in [0.2, 0.25) is 0 Å². The number of allylic oxidation sites excluding steroid dienone is 1. The molecular formula is C7H11FS. The molecule has 0 aromatic carbocycles. The maximum Gasteiger partial charge on any atom is 0.118 e. The molecule has 0 amide bonds. The summed E-state index contributed by atoms with van der Waals surface area (Å²) in [5.41, 5.74) is 0. The van der Waals surface area contributed by atoms with Gasteiger partial charge in [0.25, 0.3) is 0 Å².